The third kappa shape index (κ3) is 4.74. The Morgan fingerprint density at radius 2 is 2.00 bits per heavy atom. The monoisotopic (exact) mass is 407 g/mol. The number of nitrogens with one attached hydrogen (secondary N) is 2. The smallest absolute Gasteiger partial charge is 0.391 e. The third-order valence-electron chi connectivity index (χ3n) is 5.40. The fourth-order valence-electron chi connectivity index (χ4n) is 3.73. The summed E-state index contributed by atoms with van der Waals surface area (Å²) in [5, 5.41) is 15.2. The van der Waals surface area contributed by atoms with Crippen LogP contribution in [0.5, 0.6) is 0 Å². The standard InChI is InChI=1S/C18H24F3N3O2.ClH/c19-18(20,21)17(16(26)23-9-14-8-22-10-15(14)25)6-7-24(12-17)11-13-4-2-1-3-5-13;/h1-5,14-15,22,25H,6-12H2,(H,23,26);1H. The van der Waals surface area contributed by atoms with Crippen molar-refractivity contribution in [3.63, 3.8) is 0 Å². The molecule has 0 aromatic heterocycles. The average molecular weight is 408 g/mol. The van der Waals surface area contributed by atoms with Crippen LogP contribution in [0.15, 0.2) is 30.3 Å². The van der Waals surface area contributed by atoms with E-state index in [9.17, 15) is 23.1 Å². The summed E-state index contributed by atoms with van der Waals surface area (Å²) in [7, 11) is 0. The highest BCUT2D eigenvalue weighted by Gasteiger charge is 2.62. The summed E-state index contributed by atoms with van der Waals surface area (Å²) in [5.41, 5.74) is -1.47. The lowest BCUT2D eigenvalue weighted by atomic mass is 9.85. The highest BCUT2D eigenvalue weighted by molar-refractivity contribution is 5.85. The molecule has 27 heavy (non-hydrogen) atoms. The number of aliphatic hydroxyl groups excluding tert-OH is 1. The Labute approximate surface area is 162 Å². The zero-order valence-electron chi connectivity index (χ0n) is 14.8. The Bertz CT molecular complexity index is 632. The van der Waals surface area contributed by atoms with E-state index in [0.717, 1.165) is 5.56 Å². The first-order valence-corrected chi connectivity index (χ1v) is 8.82. The maximum absolute atomic E-state index is 13.8. The quantitative estimate of drug-likeness (QED) is 0.693. The molecule has 3 N–H and O–H groups in total. The van der Waals surface area contributed by atoms with Gasteiger partial charge in [-0.05, 0) is 18.5 Å². The van der Waals surface area contributed by atoms with Gasteiger partial charge in [0.05, 0.1) is 6.10 Å². The van der Waals surface area contributed by atoms with Gasteiger partial charge in [-0.2, -0.15) is 13.2 Å². The number of likely N-dealkylation sites (tertiary alicyclic amines) is 1. The predicted octanol–water partition coefficient (Wildman–Crippen LogP) is 1.56. The van der Waals surface area contributed by atoms with Crippen molar-refractivity contribution in [1.29, 1.82) is 0 Å². The van der Waals surface area contributed by atoms with Crippen LogP contribution in [-0.2, 0) is 11.3 Å². The lowest BCUT2D eigenvalue weighted by Crippen LogP contribution is -2.53. The first kappa shape index (κ1) is 21.9. The molecule has 2 fully saturated rings. The van der Waals surface area contributed by atoms with E-state index in [0.29, 0.717) is 19.6 Å². The van der Waals surface area contributed by atoms with Gasteiger partial charge < -0.3 is 15.7 Å². The molecule has 0 aliphatic carbocycles. The van der Waals surface area contributed by atoms with Crippen molar-refractivity contribution in [3.8, 4) is 0 Å². The molecule has 2 aliphatic heterocycles. The summed E-state index contributed by atoms with van der Waals surface area (Å²) in [6.07, 6.45) is -5.51. The van der Waals surface area contributed by atoms with Crippen LogP contribution in [-0.4, -0.2) is 60.9 Å². The summed E-state index contributed by atoms with van der Waals surface area (Å²) >= 11 is 0. The van der Waals surface area contributed by atoms with Gasteiger partial charge in [-0.1, -0.05) is 30.3 Å². The SMILES string of the molecule is Cl.O=C(NCC1CNCC1O)C1(C(F)(F)F)CCN(Cc2ccccc2)C1. The van der Waals surface area contributed by atoms with Crippen LogP contribution >= 0.6 is 12.4 Å². The number of carbonyl (C=O) groups excluding carboxylic acids is 1. The fraction of sp³-hybridized carbons (Fsp3) is 0.611. The molecule has 9 heteroatoms. The maximum atomic E-state index is 13.8. The van der Waals surface area contributed by atoms with Crippen molar-refractivity contribution >= 4 is 18.3 Å². The van der Waals surface area contributed by atoms with Crippen molar-refractivity contribution in [2.75, 3.05) is 32.7 Å². The Morgan fingerprint density at radius 3 is 2.59 bits per heavy atom. The van der Waals surface area contributed by atoms with Crippen molar-refractivity contribution < 1.29 is 23.1 Å². The van der Waals surface area contributed by atoms with Gasteiger partial charge >= 0.3 is 6.18 Å². The van der Waals surface area contributed by atoms with E-state index in [1.807, 2.05) is 30.3 Å². The molecule has 3 unspecified atom stereocenters. The Kier molecular flexibility index (Phi) is 7.13. The number of nitrogens with zero attached hydrogens (tertiary/aromatic N) is 1. The number of halogens is 4. The van der Waals surface area contributed by atoms with E-state index in [1.54, 1.807) is 4.90 Å². The van der Waals surface area contributed by atoms with Crippen LogP contribution in [0.4, 0.5) is 13.2 Å². The van der Waals surface area contributed by atoms with E-state index in [-0.39, 0.29) is 44.4 Å². The number of β-amino-alcohol motifs (C(OH)–C–C–N with tert-alkyl or cyclic N) is 1. The molecule has 1 aromatic rings. The van der Waals surface area contributed by atoms with Crippen molar-refractivity contribution in [2.45, 2.75) is 25.2 Å². The largest absolute Gasteiger partial charge is 0.404 e. The number of rotatable bonds is 5. The van der Waals surface area contributed by atoms with Crippen LogP contribution in [0.3, 0.4) is 0 Å². The summed E-state index contributed by atoms with van der Waals surface area (Å²) in [4.78, 5) is 14.2. The molecule has 2 heterocycles. The summed E-state index contributed by atoms with van der Waals surface area (Å²) < 4.78 is 41.4. The molecular formula is C18H25ClF3N3O2. The lowest BCUT2D eigenvalue weighted by molar-refractivity contribution is -0.218. The minimum absolute atomic E-state index is 0. The zero-order valence-corrected chi connectivity index (χ0v) is 15.7. The van der Waals surface area contributed by atoms with E-state index < -0.39 is 23.6 Å². The lowest BCUT2D eigenvalue weighted by Gasteiger charge is -2.31. The van der Waals surface area contributed by atoms with E-state index >= 15 is 0 Å². The molecule has 152 valence electrons. The number of hydrogen-bond donors (Lipinski definition) is 3. The highest BCUT2D eigenvalue weighted by atomic mass is 35.5. The Balaban J connectivity index is 0.00000261. The molecule has 0 bridgehead atoms. The van der Waals surface area contributed by atoms with Crippen LogP contribution in [0.2, 0.25) is 0 Å². The highest BCUT2D eigenvalue weighted by Crippen LogP contribution is 2.46. The number of amides is 1. The van der Waals surface area contributed by atoms with Gasteiger partial charge in [0.1, 0.15) is 0 Å². The molecule has 3 atom stereocenters. The molecule has 2 aliphatic rings. The zero-order chi connectivity index (χ0) is 18.8. The second-order valence-electron chi connectivity index (χ2n) is 7.22. The van der Waals surface area contributed by atoms with Crippen molar-refractivity contribution in [1.82, 2.24) is 15.5 Å². The number of carbonyl (C=O) groups is 1. The average Bonchev–Trinajstić information content (AvgIpc) is 3.20. The number of benzene rings is 1. The van der Waals surface area contributed by atoms with E-state index in [2.05, 4.69) is 10.6 Å². The van der Waals surface area contributed by atoms with E-state index in [1.165, 1.54) is 0 Å². The second-order valence-corrected chi connectivity index (χ2v) is 7.22. The molecular weight excluding hydrogens is 383 g/mol. The van der Waals surface area contributed by atoms with Gasteiger partial charge in [-0.3, -0.25) is 9.69 Å². The van der Waals surface area contributed by atoms with Gasteiger partial charge in [0.25, 0.3) is 0 Å². The van der Waals surface area contributed by atoms with Crippen LogP contribution in [0, 0.1) is 11.3 Å². The molecule has 0 spiro atoms. The van der Waals surface area contributed by atoms with Gasteiger partial charge in [0.15, 0.2) is 5.41 Å². The number of alkyl halides is 3. The van der Waals surface area contributed by atoms with Crippen LogP contribution in [0.25, 0.3) is 0 Å². The maximum Gasteiger partial charge on any atom is 0.404 e. The van der Waals surface area contributed by atoms with Gasteiger partial charge in [-0.25, -0.2) is 0 Å². The topological polar surface area (TPSA) is 64.6 Å². The third-order valence-corrected chi connectivity index (χ3v) is 5.40. The van der Waals surface area contributed by atoms with Gasteiger partial charge in [0, 0.05) is 38.6 Å². The van der Waals surface area contributed by atoms with Gasteiger partial charge in [-0.15, -0.1) is 12.4 Å². The predicted molar refractivity (Wildman–Crippen MR) is 97.4 cm³/mol. The summed E-state index contributed by atoms with van der Waals surface area (Å²) in [5.74, 6) is -1.24. The van der Waals surface area contributed by atoms with Crippen molar-refractivity contribution in [3.05, 3.63) is 35.9 Å². The molecule has 0 saturated carbocycles. The first-order chi connectivity index (χ1) is 12.3. The summed E-state index contributed by atoms with van der Waals surface area (Å²) in [6.45, 7) is 1.19. The second kappa shape index (κ2) is 8.77. The number of aliphatic hydroxyl groups is 1. The van der Waals surface area contributed by atoms with Crippen molar-refractivity contribution in [2.24, 2.45) is 11.3 Å². The van der Waals surface area contributed by atoms with Gasteiger partial charge in [0.2, 0.25) is 5.91 Å². The Hall–Kier alpha value is -1.35. The molecule has 5 nitrogen and oxygen atoms in total. The molecule has 0 radical (unpaired) electrons. The first-order valence-electron chi connectivity index (χ1n) is 8.82. The Morgan fingerprint density at radius 1 is 1.30 bits per heavy atom. The fourth-order valence-corrected chi connectivity index (χ4v) is 3.73. The normalized spacial score (nSPS) is 28.7. The van der Waals surface area contributed by atoms with Crippen LogP contribution < -0.4 is 10.6 Å². The molecule has 2 saturated heterocycles. The minimum Gasteiger partial charge on any atom is -0.391 e. The molecule has 1 aromatic carbocycles. The minimum atomic E-state index is -4.62. The van der Waals surface area contributed by atoms with Crippen LogP contribution in [0.1, 0.15) is 12.0 Å². The number of hydrogen-bond acceptors (Lipinski definition) is 4. The molecule has 1 amide bonds. The van der Waals surface area contributed by atoms with E-state index in [4.69, 9.17) is 0 Å². The summed E-state index contributed by atoms with van der Waals surface area (Å²) in [6, 6.07) is 9.27. The molecule has 3 rings (SSSR count).